The molecule has 23 heavy (non-hydrogen) atoms. The van der Waals surface area contributed by atoms with Crippen LogP contribution in [-0.4, -0.2) is 18.7 Å². The molecular formula is C19H36O3S. The van der Waals surface area contributed by atoms with Gasteiger partial charge in [-0.25, -0.2) is 0 Å². The molecule has 0 atom stereocenters. The summed E-state index contributed by atoms with van der Waals surface area (Å²) in [5.41, 5.74) is 0. The molecule has 0 rings (SSSR count). The van der Waals surface area contributed by atoms with E-state index in [1.807, 2.05) is 0 Å². The minimum atomic E-state index is -3.76. The van der Waals surface area contributed by atoms with Crippen molar-refractivity contribution in [2.75, 3.05) is 5.75 Å². The zero-order valence-electron chi connectivity index (χ0n) is 14.9. The molecule has 0 bridgehead atoms. The second kappa shape index (κ2) is 16.3. The molecule has 3 nitrogen and oxygen atoms in total. The number of hydrogen-bond donors (Lipinski definition) is 1. The molecule has 1 N–H and O–H groups in total. The fraction of sp³-hybridized carbons (Fsp3) is 0.789. The Kier molecular flexibility index (Phi) is 15.8. The van der Waals surface area contributed by atoms with Gasteiger partial charge in [-0.1, -0.05) is 76.2 Å². The molecular weight excluding hydrogens is 308 g/mol. The summed E-state index contributed by atoms with van der Waals surface area (Å²) >= 11 is 0. The lowest BCUT2D eigenvalue weighted by atomic mass is 10.1. The van der Waals surface area contributed by atoms with Crippen LogP contribution in [-0.2, 0) is 10.1 Å². The zero-order chi connectivity index (χ0) is 17.2. The van der Waals surface area contributed by atoms with E-state index >= 15 is 0 Å². The normalized spacial score (nSPS) is 12.6. The van der Waals surface area contributed by atoms with Crippen LogP contribution in [0.25, 0.3) is 0 Å². The first-order valence-corrected chi connectivity index (χ1v) is 10.9. The summed E-state index contributed by atoms with van der Waals surface area (Å²) in [7, 11) is -3.76. The van der Waals surface area contributed by atoms with Crippen molar-refractivity contribution in [1.82, 2.24) is 0 Å². The van der Waals surface area contributed by atoms with Gasteiger partial charge >= 0.3 is 0 Å². The topological polar surface area (TPSA) is 54.4 Å². The third-order valence-corrected chi connectivity index (χ3v) is 4.66. The first-order chi connectivity index (χ1) is 11.1. The van der Waals surface area contributed by atoms with Crippen molar-refractivity contribution in [3.05, 3.63) is 24.3 Å². The van der Waals surface area contributed by atoms with Crippen LogP contribution in [0.3, 0.4) is 0 Å². The third kappa shape index (κ3) is 21.4. The monoisotopic (exact) mass is 344 g/mol. The van der Waals surface area contributed by atoms with E-state index in [9.17, 15) is 8.42 Å². The molecule has 0 aliphatic carbocycles. The lowest BCUT2D eigenvalue weighted by Gasteiger charge is -2.00. The van der Waals surface area contributed by atoms with Gasteiger partial charge in [-0.15, -0.1) is 0 Å². The molecule has 136 valence electrons. The minimum absolute atomic E-state index is 0.0924. The molecule has 0 aliphatic heterocycles. The highest BCUT2D eigenvalue weighted by Crippen LogP contribution is 2.09. The largest absolute Gasteiger partial charge is 0.286 e. The van der Waals surface area contributed by atoms with Gasteiger partial charge in [-0.2, -0.15) is 8.42 Å². The maximum absolute atomic E-state index is 10.5. The van der Waals surface area contributed by atoms with Crippen molar-refractivity contribution in [3.8, 4) is 0 Å². The highest BCUT2D eigenvalue weighted by Gasteiger charge is 2.02. The van der Waals surface area contributed by atoms with Crippen molar-refractivity contribution in [1.29, 1.82) is 0 Å². The Balaban J connectivity index is 3.22. The second-order valence-electron chi connectivity index (χ2n) is 6.22. The maximum atomic E-state index is 10.5. The van der Waals surface area contributed by atoms with Crippen LogP contribution in [0.4, 0.5) is 0 Å². The number of allylic oxidation sites excluding steroid dienone is 4. The summed E-state index contributed by atoms with van der Waals surface area (Å²) < 4.78 is 29.7. The van der Waals surface area contributed by atoms with Gasteiger partial charge in [0.1, 0.15) is 0 Å². The summed E-state index contributed by atoms with van der Waals surface area (Å²) in [4.78, 5) is 0. The molecule has 0 aromatic heterocycles. The lowest BCUT2D eigenvalue weighted by Crippen LogP contribution is -2.03. The van der Waals surface area contributed by atoms with Gasteiger partial charge in [0.25, 0.3) is 10.1 Å². The third-order valence-electron chi connectivity index (χ3n) is 3.85. The molecule has 0 spiro atoms. The zero-order valence-corrected chi connectivity index (χ0v) is 15.7. The van der Waals surface area contributed by atoms with Crippen molar-refractivity contribution < 1.29 is 13.0 Å². The number of hydrogen-bond acceptors (Lipinski definition) is 2. The first kappa shape index (κ1) is 22.4. The molecule has 0 aromatic carbocycles. The van der Waals surface area contributed by atoms with Crippen molar-refractivity contribution in [2.45, 2.75) is 90.4 Å². The quantitative estimate of drug-likeness (QED) is 0.210. The van der Waals surface area contributed by atoms with Gasteiger partial charge in [0.2, 0.25) is 0 Å². The Bertz CT molecular complexity index is 397. The van der Waals surface area contributed by atoms with Crippen LogP contribution in [0, 0.1) is 0 Å². The van der Waals surface area contributed by atoms with Crippen molar-refractivity contribution in [3.63, 3.8) is 0 Å². The van der Waals surface area contributed by atoms with Crippen LogP contribution in [0.5, 0.6) is 0 Å². The molecule has 0 saturated heterocycles. The van der Waals surface area contributed by atoms with E-state index < -0.39 is 10.1 Å². The average Bonchev–Trinajstić information content (AvgIpc) is 2.49. The van der Waals surface area contributed by atoms with Crippen LogP contribution >= 0.6 is 0 Å². The van der Waals surface area contributed by atoms with Gasteiger partial charge in [0.15, 0.2) is 0 Å². The highest BCUT2D eigenvalue weighted by molar-refractivity contribution is 7.85. The van der Waals surface area contributed by atoms with Crippen LogP contribution in [0.15, 0.2) is 24.3 Å². The molecule has 0 radical (unpaired) electrons. The van der Waals surface area contributed by atoms with Gasteiger partial charge in [-0.05, 0) is 38.5 Å². The summed E-state index contributed by atoms with van der Waals surface area (Å²) in [5.74, 6) is -0.0924. The molecule has 0 heterocycles. The SMILES string of the molecule is CCCCC/C=C/C/C=C/CCCCCCCCCS(=O)(=O)O. The molecule has 0 fully saturated rings. The van der Waals surface area contributed by atoms with E-state index in [1.165, 1.54) is 44.9 Å². The van der Waals surface area contributed by atoms with Crippen LogP contribution < -0.4 is 0 Å². The van der Waals surface area contributed by atoms with Gasteiger partial charge in [0.05, 0.1) is 5.75 Å². The molecule has 0 amide bonds. The lowest BCUT2D eigenvalue weighted by molar-refractivity contribution is 0.478. The number of unbranched alkanes of at least 4 members (excludes halogenated alkanes) is 10. The van der Waals surface area contributed by atoms with Crippen molar-refractivity contribution >= 4 is 10.1 Å². The van der Waals surface area contributed by atoms with Gasteiger partial charge < -0.3 is 0 Å². The van der Waals surface area contributed by atoms with Crippen LogP contribution in [0.1, 0.15) is 90.4 Å². The Morgan fingerprint density at radius 1 is 0.696 bits per heavy atom. The average molecular weight is 345 g/mol. The summed E-state index contributed by atoms with van der Waals surface area (Å²) in [6.07, 6.45) is 23.9. The smallest absolute Gasteiger partial charge is 0.264 e. The highest BCUT2D eigenvalue weighted by atomic mass is 32.2. The van der Waals surface area contributed by atoms with Crippen molar-refractivity contribution in [2.24, 2.45) is 0 Å². The van der Waals surface area contributed by atoms with E-state index in [0.29, 0.717) is 6.42 Å². The van der Waals surface area contributed by atoms with Gasteiger partial charge in [0, 0.05) is 0 Å². The van der Waals surface area contributed by atoms with Crippen LogP contribution in [0.2, 0.25) is 0 Å². The molecule has 0 aliphatic rings. The van der Waals surface area contributed by atoms with Gasteiger partial charge in [-0.3, -0.25) is 4.55 Å². The fourth-order valence-corrected chi connectivity index (χ4v) is 3.02. The number of rotatable bonds is 16. The van der Waals surface area contributed by atoms with E-state index in [0.717, 1.165) is 32.1 Å². The minimum Gasteiger partial charge on any atom is -0.286 e. The maximum Gasteiger partial charge on any atom is 0.264 e. The fourth-order valence-electron chi connectivity index (χ4n) is 2.45. The molecule has 0 saturated carbocycles. The van der Waals surface area contributed by atoms with E-state index in [1.54, 1.807) is 0 Å². The van der Waals surface area contributed by atoms with E-state index in [-0.39, 0.29) is 5.75 Å². The molecule has 0 unspecified atom stereocenters. The molecule has 0 aromatic rings. The summed E-state index contributed by atoms with van der Waals surface area (Å²) in [6, 6.07) is 0. The van der Waals surface area contributed by atoms with E-state index in [2.05, 4.69) is 31.2 Å². The summed E-state index contributed by atoms with van der Waals surface area (Å²) in [6.45, 7) is 2.23. The van der Waals surface area contributed by atoms with E-state index in [4.69, 9.17) is 4.55 Å². The second-order valence-corrected chi connectivity index (χ2v) is 7.80. The summed E-state index contributed by atoms with van der Waals surface area (Å²) in [5, 5.41) is 0. The first-order valence-electron chi connectivity index (χ1n) is 9.31. The Morgan fingerprint density at radius 3 is 1.70 bits per heavy atom. The predicted octanol–water partition coefficient (Wildman–Crippen LogP) is 6.08. The standard InChI is InChI=1S/C19H36O3S/c1-2-3-4-5-6-7-8-9-10-11-12-13-14-15-16-17-18-19-23(20,21)22/h6-7,9-10H,2-5,8,11-19H2,1H3,(H,20,21,22)/b7-6+,10-9+. The Labute approximate surface area is 144 Å². The predicted molar refractivity (Wildman–Crippen MR) is 100 cm³/mol. The Hall–Kier alpha value is -0.610. The molecule has 4 heteroatoms. The Morgan fingerprint density at radius 2 is 1.17 bits per heavy atom.